The van der Waals surface area contributed by atoms with Gasteiger partial charge in [0.1, 0.15) is 0 Å². The van der Waals surface area contributed by atoms with Crippen molar-refractivity contribution in [1.82, 2.24) is 4.90 Å². The molecule has 0 saturated carbocycles. The zero-order valence-corrected chi connectivity index (χ0v) is 9.63. The summed E-state index contributed by atoms with van der Waals surface area (Å²) in [6, 6.07) is 3.82. The summed E-state index contributed by atoms with van der Waals surface area (Å²) in [5.41, 5.74) is 0. The molecule has 0 N–H and O–H groups in total. The number of hydrogen-bond donors (Lipinski definition) is 0. The lowest BCUT2D eigenvalue weighted by molar-refractivity contribution is -0.137. The van der Waals surface area contributed by atoms with Gasteiger partial charge in [0.2, 0.25) is 12.3 Å². The van der Waals surface area contributed by atoms with Crippen molar-refractivity contribution in [2.24, 2.45) is 0 Å². The standard InChI is InChI=1S/C11H15NO2S/c1-2-3-6-12(9-13)11(14)8-10-5-4-7-15-10/h4-5,7,9H,2-3,6,8H2,1H3. The van der Waals surface area contributed by atoms with Crippen molar-refractivity contribution in [3.8, 4) is 0 Å². The minimum atomic E-state index is -0.110. The maximum atomic E-state index is 11.6. The first-order valence-electron chi connectivity index (χ1n) is 5.05. The number of carbonyl (C=O) groups excluding carboxylic acids is 2. The van der Waals surface area contributed by atoms with Crippen molar-refractivity contribution in [2.45, 2.75) is 26.2 Å². The molecule has 82 valence electrons. The third-order valence-electron chi connectivity index (χ3n) is 2.11. The number of thiophene rings is 1. The fourth-order valence-electron chi connectivity index (χ4n) is 1.23. The third-order valence-corrected chi connectivity index (χ3v) is 2.98. The van der Waals surface area contributed by atoms with Crippen LogP contribution in [-0.2, 0) is 16.0 Å². The highest BCUT2D eigenvalue weighted by Crippen LogP contribution is 2.10. The number of carbonyl (C=O) groups is 2. The molecule has 0 unspecified atom stereocenters. The van der Waals surface area contributed by atoms with Gasteiger partial charge in [0.05, 0.1) is 6.42 Å². The van der Waals surface area contributed by atoms with Gasteiger partial charge < -0.3 is 0 Å². The van der Waals surface area contributed by atoms with Crippen LogP contribution in [0.1, 0.15) is 24.6 Å². The first kappa shape index (κ1) is 11.9. The Labute approximate surface area is 93.7 Å². The molecule has 0 radical (unpaired) electrons. The maximum absolute atomic E-state index is 11.6. The number of rotatable bonds is 6. The molecule has 0 aromatic carbocycles. The van der Waals surface area contributed by atoms with Crippen molar-refractivity contribution >= 4 is 23.7 Å². The lowest BCUT2D eigenvalue weighted by atomic mass is 10.3. The first-order valence-corrected chi connectivity index (χ1v) is 5.93. The van der Waals surface area contributed by atoms with Crippen LogP contribution >= 0.6 is 11.3 Å². The Morgan fingerprint density at radius 3 is 2.93 bits per heavy atom. The van der Waals surface area contributed by atoms with Crippen molar-refractivity contribution in [1.29, 1.82) is 0 Å². The predicted octanol–water partition coefficient (Wildman–Crippen LogP) is 2.08. The molecule has 1 aromatic heterocycles. The molecule has 0 aliphatic carbocycles. The van der Waals surface area contributed by atoms with E-state index in [0.29, 0.717) is 19.4 Å². The van der Waals surface area contributed by atoms with Crippen LogP contribution < -0.4 is 0 Å². The van der Waals surface area contributed by atoms with E-state index in [1.165, 1.54) is 16.2 Å². The van der Waals surface area contributed by atoms with Gasteiger partial charge in [-0.1, -0.05) is 19.4 Å². The van der Waals surface area contributed by atoms with Gasteiger partial charge >= 0.3 is 0 Å². The molecule has 0 atom stereocenters. The van der Waals surface area contributed by atoms with Crippen molar-refractivity contribution in [3.05, 3.63) is 22.4 Å². The molecule has 2 amide bonds. The zero-order chi connectivity index (χ0) is 11.1. The number of nitrogens with zero attached hydrogens (tertiary/aromatic N) is 1. The molecule has 0 aliphatic rings. The molecule has 0 spiro atoms. The molecule has 0 fully saturated rings. The van der Waals surface area contributed by atoms with Gasteiger partial charge in [-0.15, -0.1) is 11.3 Å². The summed E-state index contributed by atoms with van der Waals surface area (Å²) < 4.78 is 0. The highest BCUT2D eigenvalue weighted by atomic mass is 32.1. The van der Waals surface area contributed by atoms with Crippen LogP contribution in [0.4, 0.5) is 0 Å². The third kappa shape index (κ3) is 3.83. The summed E-state index contributed by atoms with van der Waals surface area (Å²) >= 11 is 1.54. The lowest BCUT2D eigenvalue weighted by Gasteiger charge is -2.14. The van der Waals surface area contributed by atoms with E-state index in [4.69, 9.17) is 0 Å². The first-order chi connectivity index (χ1) is 7.27. The van der Waals surface area contributed by atoms with Crippen molar-refractivity contribution in [3.63, 3.8) is 0 Å². The maximum Gasteiger partial charge on any atom is 0.234 e. The zero-order valence-electron chi connectivity index (χ0n) is 8.81. The van der Waals surface area contributed by atoms with E-state index in [0.717, 1.165) is 17.7 Å². The molecule has 3 nitrogen and oxygen atoms in total. The largest absolute Gasteiger partial charge is 0.285 e. The van der Waals surface area contributed by atoms with E-state index in [1.54, 1.807) is 0 Å². The average Bonchev–Trinajstić information content (AvgIpc) is 2.71. The number of amides is 2. The fourth-order valence-corrected chi connectivity index (χ4v) is 1.92. The number of imide groups is 1. The summed E-state index contributed by atoms with van der Waals surface area (Å²) in [4.78, 5) is 24.6. The SMILES string of the molecule is CCCCN(C=O)C(=O)Cc1cccs1. The van der Waals surface area contributed by atoms with Gasteiger partial charge in [-0.2, -0.15) is 0 Å². The second-order valence-corrected chi connectivity index (χ2v) is 4.33. The van der Waals surface area contributed by atoms with Gasteiger partial charge in [0.25, 0.3) is 0 Å². The molecule has 4 heteroatoms. The predicted molar refractivity (Wildman–Crippen MR) is 60.7 cm³/mol. The Morgan fingerprint density at radius 2 is 2.40 bits per heavy atom. The van der Waals surface area contributed by atoms with Gasteiger partial charge in [-0.3, -0.25) is 14.5 Å². The molecule has 1 aromatic rings. The highest BCUT2D eigenvalue weighted by Gasteiger charge is 2.12. The van der Waals surface area contributed by atoms with Crippen LogP contribution in [0.2, 0.25) is 0 Å². The van der Waals surface area contributed by atoms with Gasteiger partial charge in [0, 0.05) is 11.4 Å². The van der Waals surface area contributed by atoms with E-state index < -0.39 is 0 Å². The van der Waals surface area contributed by atoms with Crippen LogP contribution in [0.3, 0.4) is 0 Å². The van der Waals surface area contributed by atoms with Crippen LogP contribution in [0.5, 0.6) is 0 Å². The van der Waals surface area contributed by atoms with E-state index in [-0.39, 0.29) is 5.91 Å². The van der Waals surface area contributed by atoms with E-state index in [1.807, 2.05) is 24.4 Å². The minimum Gasteiger partial charge on any atom is -0.285 e. The van der Waals surface area contributed by atoms with Gasteiger partial charge in [-0.25, -0.2) is 0 Å². The molecule has 1 heterocycles. The average molecular weight is 225 g/mol. The Bertz CT molecular complexity index is 308. The van der Waals surface area contributed by atoms with E-state index in [9.17, 15) is 9.59 Å². The minimum absolute atomic E-state index is 0.110. The van der Waals surface area contributed by atoms with Gasteiger partial charge in [-0.05, 0) is 17.9 Å². The molecule has 0 saturated heterocycles. The molecule has 0 aliphatic heterocycles. The Balaban J connectivity index is 2.46. The molecular weight excluding hydrogens is 210 g/mol. The van der Waals surface area contributed by atoms with Crippen LogP contribution in [0.25, 0.3) is 0 Å². The smallest absolute Gasteiger partial charge is 0.234 e. The molecule has 1 rings (SSSR count). The Kier molecular flexibility index (Phi) is 5.04. The molecular formula is C11H15NO2S. The molecule has 15 heavy (non-hydrogen) atoms. The van der Waals surface area contributed by atoms with E-state index >= 15 is 0 Å². The fraction of sp³-hybridized carbons (Fsp3) is 0.455. The number of unbranched alkanes of at least 4 members (excludes halogenated alkanes) is 1. The van der Waals surface area contributed by atoms with Gasteiger partial charge in [0.15, 0.2) is 0 Å². The second kappa shape index (κ2) is 6.35. The van der Waals surface area contributed by atoms with Crippen LogP contribution in [-0.4, -0.2) is 23.8 Å². The summed E-state index contributed by atoms with van der Waals surface area (Å²) in [5, 5.41) is 1.93. The van der Waals surface area contributed by atoms with Crippen LogP contribution in [0.15, 0.2) is 17.5 Å². The molecule has 0 bridgehead atoms. The summed E-state index contributed by atoms with van der Waals surface area (Å²) in [5.74, 6) is -0.110. The Morgan fingerprint density at radius 1 is 1.60 bits per heavy atom. The van der Waals surface area contributed by atoms with E-state index in [2.05, 4.69) is 0 Å². The number of hydrogen-bond acceptors (Lipinski definition) is 3. The summed E-state index contributed by atoms with van der Waals surface area (Å²) in [6.07, 6.45) is 2.82. The monoisotopic (exact) mass is 225 g/mol. The second-order valence-electron chi connectivity index (χ2n) is 3.30. The quantitative estimate of drug-likeness (QED) is 0.695. The highest BCUT2D eigenvalue weighted by molar-refractivity contribution is 7.10. The Hall–Kier alpha value is -1.16. The summed E-state index contributed by atoms with van der Waals surface area (Å²) in [7, 11) is 0. The normalized spacial score (nSPS) is 9.93. The van der Waals surface area contributed by atoms with Crippen molar-refractivity contribution in [2.75, 3.05) is 6.54 Å². The van der Waals surface area contributed by atoms with Crippen molar-refractivity contribution < 1.29 is 9.59 Å². The topological polar surface area (TPSA) is 37.4 Å². The lowest BCUT2D eigenvalue weighted by Crippen LogP contribution is -2.31. The summed E-state index contributed by atoms with van der Waals surface area (Å²) in [6.45, 7) is 2.57. The van der Waals surface area contributed by atoms with Crippen LogP contribution in [0, 0.1) is 0 Å².